The van der Waals surface area contributed by atoms with E-state index in [4.69, 9.17) is 0 Å². The summed E-state index contributed by atoms with van der Waals surface area (Å²) in [5, 5.41) is 0. The van der Waals surface area contributed by atoms with Crippen LogP contribution in [0.4, 0.5) is 0 Å². The van der Waals surface area contributed by atoms with Gasteiger partial charge in [0.2, 0.25) is 0 Å². The first-order chi connectivity index (χ1) is 6.97. The molecule has 1 aromatic carbocycles. The molecule has 2 heteroatoms. The van der Waals surface area contributed by atoms with Crippen LogP contribution in [0.3, 0.4) is 0 Å². The quantitative estimate of drug-likeness (QED) is 0.681. The highest BCUT2D eigenvalue weighted by molar-refractivity contribution is 5.85. The monoisotopic (exact) mass is 185 g/mol. The SMILES string of the molecule is C1=CNOC=C1.C1=Cc2ccccc21. The lowest BCUT2D eigenvalue weighted by Crippen LogP contribution is -2.01. The first-order valence-corrected chi connectivity index (χ1v) is 4.47. The lowest BCUT2D eigenvalue weighted by molar-refractivity contribution is 0.172. The van der Waals surface area contributed by atoms with Gasteiger partial charge < -0.3 is 4.84 Å². The molecule has 1 aromatic rings. The fourth-order valence-corrected chi connectivity index (χ4v) is 1.16. The predicted molar refractivity (Wildman–Crippen MR) is 57.9 cm³/mol. The van der Waals surface area contributed by atoms with E-state index < -0.39 is 0 Å². The lowest BCUT2D eigenvalue weighted by Gasteiger charge is -2.06. The van der Waals surface area contributed by atoms with Gasteiger partial charge in [-0.3, -0.25) is 0 Å². The smallest absolute Gasteiger partial charge is 0.119 e. The lowest BCUT2D eigenvalue weighted by atomic mass is 9.99. The molecule has 2 nitrogen and oxygen atoms in total. The number of allylic oxidation sites excluding steroid dienone is 2. The first kappa shape index (κ1) is 8.63. The van der Waals surface area contributed by atoms with E-state index in [0.29, 0.717) is 0 Å². The molecule has 0 unspecified atom stereocenters. The Balaban J connectivity index is 0.000000112. The number of hydrogen-bond acceptors (Lipinski definition) is 2. The largest absolute Gasteiger partial charge is 0.391 e. The molecule has 0 spiro atoms. The number of nitrogens with one attached hydrogen (secondary N) is 1. The maximum absolute atomic E-state index is 4.55. The van der Waals surface area contributed by atoms with Gasteiger partial charge in [0.15, 0.2) is 0 Å². The molecule has 1 N–H and O–H groups in total. The van der Waals surface area contributed by atoms with Gasteiger partial charge in [0.05, 0.1) is 0 Å². The van der Waals surface area contributed by atoms with Crippen molar-refractivity contribution < 1.29 is 4.84 Å². The Labute approximate surface area is 83.2 Å². The van der Waals surface area contributed by atoms with E-state index in [1.54, 1.807) is 18.5 Å². The zero-order chi connectivity index (χ0) is 9.64. The molecular formula is C12H11NO. The van der Waals surface area contributed by atoms with Gasteiger partial charge >= 0.3 is 0 Å². The Morgan fingerprint density at radius 3 is 1.86 bits per heavy atom. The molecule has 0 saturated carbocycles. The molecule has 0 atom stereocenters. The fraction of sp³-hybridized carbons (Fsp3) is 0. The van der Waals surface area contributed by atoms with Crippen LogP contribution < -0.4 is 5.48 Å². The van der Waals surface area contributed by atoms with Crippen LogP contribution in [-0.2, 0) is 4.84 Å². The maximum Gasteiger partial charge on any atom is 0.119 e. The summed E-state index contributed by atoms with van der Waals surface area (Å²) < 4.78 is 0. The number of benzene rings is 1. The molecule has 2 aliphatic rings. The van der Waals surface area contributed by atoms with Crippen molar-refractivity contribution in [2.24, 2.45) is 0 Å². The van der Waals surface area contributed by atoms with Crippen molar-refractivity contribution >= 4 is 12.2 Å². The molecule has 1 heterocycles. The summed E-state index contributed by atoms with van der Waals surface area (Å²) in [6, 6.07) is 8.36. The van der Waals surface area contributed by atoms with Crippen LogP contribution in [0, 0.1) is 0 Å². The highest BCUT2D eigenvalue weighted by Crippen LogP contribution is 2.21. The minimum atomic E-state index is 1.37. The molecule has 0 aromatic heterocycles. The summed E-state index contributed by atoms with van der Waals surface area (Å²) in [4.78, 5) is 4.55. The van der Waals surface area contributed by atoms with E-state index >= 15 is 0 Å². The van der Waals surface area contributed by atoms with Gasteiger partial charge in [0.1, 0.15) is 6.26 Å². The average molecular weight is 185 g/mol. The van der Waals surface area contributed by atoms with Crippen molar-refractivity contribution in [2.45, 2.75) is 0 Å². The standard InChI is InChI=1S/C8H6.C4H5NO/c1-2-4-8-6-5-7(8)3-1;1-2-4-6-5-3-1/h1-6H;1-5H. The van der Waals surface area contributed by atoms with Gasteiger partial charge in [-0.05, 0) is 23.3 Å². The second-order valence-corrected chi connectivity index (χ2v) is 2.89. The zero-order valence-electron chi connectivity index (χ0n) is 7.68. The van der Waals surface area contributed by atoms with Crippen molar-refractivity contribution in [3.05, 3.63) is 60.0 Å². The molecular weight excluding hydrogens is 174 g/mol. The van der Waals surface area contributed by atoms with Crippen LogP contribution in [0.5, 0.6) is 0 Å². The van der Waals surface area contributed by atoms with Gasteiger partial charge in [-0.2, -0.15) is 0 Å². The second kappa shape index (κ2) is 4.33. The molecule has 1 aliphatic heterocycles. The summed E-state index contributed by atoms with van der Waals surface area (Å²) in [5.74, 6) is 0. The van der Waals surface area contributed by atoms with Crippen LogP contribution in [0.1, 0.15) is 11.1 Å². The summed E-state index contributed by atoms with van der Waals surface area (Å²) in [7, 11) is 0. The molecule has 3 rings (SSSR count). The Morgan fingerprint density at radius 2 is 1.64 bits per heavy atom. The maximum atomic E-state index is 4.55. The van der Waals surface area contributed by atoms with E-state index in [-0.39, 0.29) is 0 Å². The van der Waals surface area contributed by atoms with E-state index in [2.05, 4.69) is 46.7 Å². The van der Waals surface area contributed by atoms with Gasteiger partial charge in [0, 0.05) is 6.20 Å². The van der Waals surface area contributed by atoms with E-state index in [1.165, 1.54) is 11.1 Å². The Bertz CT molecular complexity index is 354. The molecule has 0 amide bonds. The fourth-order valence-electron chi connectivity index (χ4n) is 1.16. The third-order valence-corrected chi connectivity index (χ3v) is 1.93. The third-order valence-electron chi connectivity index (χ3n) is 1.93. The zero-order valence-corrected chi connectivity index (χ0v) is 7.68. The van der Waals surface area contributed by atoms with Crippen LogP contribution in [0.2, 0.25) is 0 Å². The van der Waals surface area contributed by atoms with Crippen molar-refractivity contribution in [1.82, 2.24) is 5.48 Å². The summed E-state index contributed by atoms with van der Waals surface area (Å²) in [5.41, 5.74) is 5.25. The minimum absolute atomic E-state index is 1.37. The number of rotatable bonds is 0. The average Bonchev–Trinajstić information content (AvgIpc) is 2.24. The van der Waals surface area contributed by atoms with Crippen molar-refractivity contribution in [2.75, 3.05) is 0 Å². The Kier molecular flexibility index (Phi) is 2.67. The summed E-state index contributed by atoms with van der Waals surface area (Å²) in [6.07, 6.45) is 11.2. The highest BCUT2D eigenvalue weighted by atomic mass is 16.6. The molecule has 14 heavy (non-hydrogen) atoms. The van der Waals surface area contributed by atoms with Crippen molar-refractivity contribution in [1.29, 1.82) is 0 Å². The van der Waals surface area contributed by atoms with Crippen LogP contribution in [0.15, 0.2) is 48.9 Å². The summed E-state index contributed by atoms with van der Waals surface area (Å²) in [6.45, 7) is 0. The minimum Gasteiger partial charge on any atom is -0.391 e. The molecule has 70 valence electrons. The molecule has 0 bridgehead atoms. The second-order valence-electron chi connectivity index (χ2n) is 2.89. The molecule has 0 saturated heterocycles. The topological polar surface area (TPSA) is 21.3 Å². The molecule has 0 radical (unpaired) electrons. The van der Waals surface area contributed by atoms with Gasteiger partial charge in [-0.25, -0.2) is 5.48 Å². The van der Waals surface area contributed by atoms with Crippen molar-refractivity contribution in [3.63, 3.8) is 0 Å². The van der Waals surface area contributed by atoms with Crippen LogP contribution in [-0.4, -0.2) is 0 Å². The van der Waals surface area contributed by atoms with Gasteiger partial charge in [-0.1, -0.05) is 36.4 Å². The van der Waals surface area contributed by atoms with Crippen LogP contribution >= 0.6 is 0 Å². The predicted octanol–water partition coefficient (Wildman–Crippen LogP) is 2.72. The molecule has 1 aliphatic carbocycles. The molecule has 0 fully saturated rings. The number of fused-ring (bicyclic) bond motifs is 1. The Hall–Kier alpha value is -1.96. The number of hydroxylamine groups is 1. The normalized spacial score (nSPS) is 14.0. The van der Waals surface area contributed by atoms with E-state index in [0.717, 1.165) is 0 Å². The van der Waals surface area contributed by atoms with Crippen molar-refractivity contribution in [3.8, 4) is 0 Å². The summed E-state index contributed by atoms with van der Waals surface area (Å²) >= 11 is 0. The van der Waals surface area contributed by atoms with Gasteiger partial charge in [-0.15, -0.1) is 0 Å². The third kappa shape index (κ3) is 2.04. The van der Waals surface area contributed by atoms with Crippen LogP contribution in [0.25, 0.3) is 12.2 Å². The highest BCUT2D eigenvalue weighted by Gasteiger charge is 1.99. The van der Waals surface area contributed by atoms with E-state index in [1.807, 2.05) is 6.08 Å². The first-order valence-electron chi connectivity index (χ1n) is 4.47. The van der Waals surface area contributed by atoms with E-state index in [9.17, 15) is 0 Å². The van der Waals surface area contributed by atoms with Gasteiger partial charge in [0.25, 0.3) is 0 Å². The number of hydrogen-bond donors (Lipinski definition) is 1. The Morgan fingerprint density at radius 1 is 0.929 bits per heavy atom.